The summed E-state index contributed by atoms with van der Waals surface area (Å²) in [6.45, 7) is 0. The molecule has 0 radical (unpaired) electrons. The van der Waals surface area contributed by atoms with Crippen molar-refractivity contribution in [3.63, 3.8) is 0 Å². The Morgan fingerprint density at radius 2 is 1.94 bits per heavy atom. The van der Waals surface area contributed by atoms with Crippen molar-refractivity contribution in [3.8, 4) is 0 Å². The lowest BCUT2D eigenvalue weighted by atomic mass is 9.91. The molecule has 3 N–H and O–H groups in total. The molecule has 5 atom stereocenters. The van der Waals surface area contributed by atoms with Crippen LogP contribution in [0, 0.1) is 5.92 Å². The summed E-state index contributed by atoms with van der Waals surface area (Å²) >= 11 is 0. The zero-order chi connectivity index (χ0) is 12.5. The van der Waals surface area contributed by atoms with E-state index in [1.165, 1.54) is 19.3 Å². The molecule has 4 nitrogen and oxygen atoms in total. The number of carbonyl (C=O) groups excluding carboxylic acids is 1. The smallest absolute Gasteiger partial charge is 0.224 e. The highest BCUT2D eigenvalue weighted by atomic mass is 16.5. The monoisotopic (exact) mass is 252 g/mol. The number of amides is 1. The first-order chi connectivity index (χ1) is 8.74. The zero-order valence-electron chi connectivity index (χ0n) is 10.9. The molecule has 0 aromatic rings. The topological polar surface area (TPSA) is 64.4 Å². The molecule has 3 fully saturated rings. The van der Waals surface area contributed by atoms with E-state index in [0.717, 1.165) is 32.1 Å². The van der Waals surface area contributed by atoms with Crippen LogP contribution in [0.2, 0.25) is 0 Å². The van der Waals surface area contributed by atoms with Crippen molar-refractivity contribution in [3.05, 3.63) is 0 Å². The third-order valence-electron chi connectivity index (χ3n) is 4.84. The van der Waals surface area contributed by atoms with Crippen LogP contribution in [0.3, 0.4) is 0 Å². The summed E-state index contributed by atoms with van der Waals surface area (Å²) < 4.78 is 5.78. The minimum Gasteiger partial charge on any atom is -0.373 e. The Bertz CT molecular complexity index is 321. The molecular weight excluding hydrogens is 228 g/mol. The number of rotatable bonds is 2. The van der Waals surface area contributed by atoms with Gasteiger partial charge in [0.05, 0.1) is 24.2 Å². The second-order valence-electron chi connectivity index (χ2n) is 6.13. The molecule has 0 spiro atoms. The Hall–Kier alpha value is -0.610. The normalized spacial score (nSPS) is 43.7. The molecule has 1 aliphatic carbocycles. The van der Waals surface area contributed by atoms with Gasteiger partial charge in [-0.05, 0) is 32.1 Å². The van der Waals surface area contributed by atoms with Crippen molar-refractivity contribution in [1.29, 1.82) is 0 Å². The van der Waals surface area contributed by atoms with Gasteiger partial charge < -0.3 is 15.8 Å². The fourth-order valence-corrected chi connectivity index (χ4v) is 3.74. The number of carbonyl (C=O) groups is 1. The van der Waals surface area contributed by atoms with E-state index in [4.69, 9.17) is 10.5 Å². The quantitative estimate of drug-likeness (QED) is 0.729. The molecule has 1 saturated carbocycles. The van der Waals surface area contributed by atoms with E-state index in [1.54, 1.807) is 0 Å². The SMILES string of the molecule is NC1CCCCCC1C(=O)NC1CC2CCC1O2. The number of hydrogen-bond acceptors (Lipinski definition) is 3. The number of nitrogens with one attached hydrogen (secondary N) is 1. The summed E-state index contributed by atoms with van der Waals surface area (Å²) in [6.07, 6.45) is 9.39. The predicted molar refractivity (Wildman–Crippen MR) is 69.0 cm³/mol. The Labute approximate surface area is 109 Å². The van der Waals surface area contributed by atoms with Crippen molar-refractivity contribution in [2.45, 2.75) is 75.7 Å². The molecule has 1 amide bonds. The van der Waals surface area contributed by atoms with Crippen LogP contribution >= 0.6 is 0 Å². The van der Waals surface area contributed by atoms with Crippen LogP contribution in [0.15, 0.2) is 0 Å². The van der Waals surface area contributed by atoms with Gasteiger partial charge in [-0.3, -0.25) is 4.79 Å². The number of hydrogen-bond donors (Lipinski definition) is 2. The molecule has 2 aliphatic heterocycles. The maximum atomic E-state index is 12.3. The molecule has 18 heavy (non-hydrogen) atoms. The highest BCUT2D eigenvalue weighted by molar-refractivity contribution is 5.79. The maximum Gasteiger partial charge on any atom is 0.224 e. The van der Waals surface area contributed by atoms with Gasteiger partial charge in [0.25, 0.3) is 0 Å². The minimum atomic E-state index is 0.0200. The Morgan fingerprint density at radius 3 is 2.67 bits per heavy atom. The van der Waals surface area contributed by atoms with E-state index in [9.17, 15) is 4.79 Å². The van der Waals surface area contributed by atoms with Gasteiger partial charge in [-0.25, -0.2) is 0 Å². The minimum absolute atomic E-state index is 0.0200. The van der Waals surface area contributed by atoms with Gasteiger partial charge in [-0.1, -0.05) is 19.3 Å². The number of fused-ring (bicyclic) bond motifs is 2. The van der Waals surface area contributed by atoms with Crippen molar-refractivity contribution in [2.75, 3.05) is 0 Å². The molecular formula is C14H24N2O2. The van der Waals surface area contributed by atoms with Crippen LogP contribution in [0.5, 0.6) is 0 Å². The summed E-state index contributed by atoms with van der Waals surface area (Å²) in [5, 5.41) is 3.19. The van der Waals surface area contributed by atoms with E-state index in [-0.39, 0.29) is 30.0 Å². The van der Waals surface area contributed by atoms with Crippen molar-refractivity contribution in [2.24, 2.45) is 11.7 Å². The summed E-state index contributed by atoms with van der Waals surface area (Å²) in [5.74, 6) is 0.192. The average Bonchev–Trinajstić information content (AvgIpc) is 2.88. The Balaban J connectivity index is 1.57. The summed E-state index contributed by atoms with van der Waals surface area (Å²) in [5.41, 5.74) is 6.14. The van der Waals surface area contributed by atoms with Crippen molar-refractivity contribution in [1.82, 2.24) is 5.32 Å². The van der Waals surface area contributed by atoms with Gasteiger partial charge in [0.2, 0.25) is 5.91 Å². The zero-order valence-corrected chi connectivity index (χ0v) is 10.9. The molecule has 3 rings (SSSR count). The molecule has 2 bridgehead atoms. The van der Waals surface area contributed by atoms with Crippen LogP contribution in [0.25, 0.3) is 0 Å². The molecule has 3 aliphatic rings. The van der Waals surface area contributed by atoms with Gasteiger partial charge in [0.1, 0.15) is 0 Å². The molecule has 0 aromatic carbocycles. The summed E-state index contributed by atoms with van der Waals surface area (Å²) in [4.78, 5) is 12.3. The lowest BCUT2D eigenvalue weighted by molar-refractivity contribution is -0.126. The first kappa shape index (κ1) is 12.4. The van der Waals surface area contributed by atoms with E-state index in [1.807, 2.05) is 0 Å². The predicted octanol–water partition coefficient (Wildman–Crippen LogP) is 1.33. The fourth-order valence-electron chi connectivity index (χ4n) is 3.74. The van der Waals surface area contributed by atoms with Crippen molar-refractivity contribution < 1.29 is 9.53 Å². The lowest BCUT2D eigenvalue weighted by Gasteiger charge is -2.25. The van der Waals surface area contributed by atoms with Gasteiger partial charge in [0.15, 0.2) is 0 Å². The van der Waals surface area contributed by atoms with Gasteiger partial charge >= 0.3 is 0 Å². The van der Waals surface area contributed by atoms with E-state index in [0.29, 0.717) is 6.10 Å². The second kappa shape index (κ2) is 5.17. The van der Waals surface area contributed by atoms with Gasteiger partial charge in [-0.2, -0.15) is 0 Å². The van der Waals surface area contributed by atoms with Crippen LogP contribution in [-0.4, -0.2) is 30.2 Å². The molecule has 102 valence electrons. The molecule has 4 heteroatoms. The number of nitrogens with two attached hydrogens (primary N) is 1. The highest BCUT2D eigenvalue weighted by Gasteiger charge is 2.42. The van der Waals surface area contributed by atoms with E-state index >= 15 is 0 Å². The second-order valence-corrected chi connectivity index (χ2v) is 6.13. The van der Waals surface area contributed by atoms with Crippen LogP contribution in [0.1, 0.15) is 51.4 Å². The van der Waals surface area contributed by atoms with Crippen LogP contribution in [0.4, 0.5) is 0 Å². The summed E-state index contributed by atoms with van der Waals surface area (Å²) in [7, 11) is 0. The first-order valence-corrected chi connectivity index (χ1v) is 7.45. The fraction of sp³-hybridized carbons (Fsp3) is 0.929. The molecule has 0 aromatic heterocycles. The molecule has 2 saturated heterocycles. The van der Waals surface area contributed by atoms with Crippen molar-refractivity contribution >= 4 is 5.91 Å². The van der Waals surface area contributed by atoms with Crippen LogP contribution in [-0.2, 0) is 9.53 Å². The van der Waals surface area contributed by atoms with Crippen LogP contribution < -0.4 is 11.1 Å². The Kier molecular flexibility index (Phi) is 3.57. The standard InChI is InChI=1S/C14H24N2O2/c15-11-5-3-1-2-4-10(11)14(17)16-12-8-9-6-7-13(12)18-9/h9-13H,1-8,15H2,(H,16,17). The van der Waals surface area contributed by atoms with E-state index < -0.39 is 0 Å². The first-order valence-electron chi connectivity index (χ1n) is 7.45. The Morgan fingerprint density at radius 1 is 1.11 bits per heavy atom. The largest absolute Gasteiger partial charge is 0.373 e. The maximum absolute atomic E-state index is 12.3. The third-order valence-corrected chi connectivity index (χ3v) is 4.84. The van der Waals surface area contributed by atoms with Gasteiger partial charge in [-0.15, -0.1) is 0 Å². The third kappa shape index (κ3) is 2.41. The lowest BCUT2D eigenvalue weighted by Crippen LogP contribution is -2.48. The summed E-state index contributed by atoms with van der Waals surface area (Å²) in [6, 6.07) is 0.290. The molecule has 5 unspecified atom stereocenters. The molecule has 2 heterocycles. The average molecular weight is 252 g/mol. The van der Waals surface area contributed by atoms with Gasteiger partial charge in [0, 0.05) is 6.04 Å². The van der Waals surface area contributed by atoms with E-state index in [2.05, 4.69) is 5.32 Å². The highest BCUT2D eigenvalue weighted by Crippen LogP contribution is 2.34. The number of ether oxygens (including phenoxy) is 1.